The number of aromatic nitrogens is 1. The van der Waals surface area contributed by atoms with Crippen molar-refractivity contribution >= 4 is 27.6 Å². The summed E-state index contributed by atoms with van der Waals surface area (Å²) in [7, 11) is -0.828. The predicted octanol–water partition coefficient (Wildman–Crippen LogP) is 3.23. The third-order valence-corrected chi connectivity index (χ3v) is 6.49. The van der Waals surface area contributed by atoms with E-state index in [2.05, 4.69) is 10.3 Å². The molecule has 0 saturated carbocycles. The molecule has 0 unspecified atom stereocenters. The van der Waals surface area contributed by atoms with E-state index in [0.29, 0.717) is 11.3 Å². The molecule has 3 aromatic rings. The summed E-state index contributed by atoms with van der Waals surface area (Å²) >= 11 is 0. The van der Waals surface area contributed by atoms with E-state index in [1.165, 1.54) is 32.4 Å². The van der Waals surface area contributed by atoms with Crippen molar-refractivity contribution < 1.29 is 27.5 Å². The molecule has 0 saturated heterocycles. The van der Waals surface area contributed by atoms with Crippen LogP contribution in [0.3, 0.4) is 0 Å². The number of hydrogen-bond acceptors (Lipinski definition) is 7. The number of aryl methyl sites for hydroxylation is 1. The van der Waals surface area contributed by atoms with Crippen LogP contribution in [0, 0.1) is 6.92 Å². The first-order valence-electron chi connectivity index (χ1n) is 9.85. The second kappa shape index (κ2) is 10.2. The highest BCUT2D eigenvalue weighted by Gasteiger charge is 2.21. The predicted molar refractivity (Wildman–Crippen MR) is 122 cm³/mol. The second-order valence-electron chi connectivity index (χ2n) is 7.18. The number of hydrogen-bond donors (Lipinski definition) is 1. The molecule has 0 aliphatic rings. The molecule has 172 valence electrons. The maximum Gasteiger partial charge on any atom is 0.342 e. The van der Waals surface area contributed by atoms with Gasteiger partial charge in [0, 0.05) is 26.0 Å². The number of sulfonamides is 1. The molecule has 0 aliphatic carbocycles. The van der Waals surface area contributed by atoms with Gasteiger partial charge in [-0.15, -0.1) is 0 Å². The van der Waals surface area contributed by atoms with Gasteiger partial charge in [0.05, 0.1) is 11.1 Å². The summed E-state index contributed by atoms with van der Waals surface area (Å²) < 4.78 is 36.8. The van der Waals surface area contributed by atoms with Crippen LogP contribution in [-0.4, -0.2) is 50.3 Å². The van der Waals surface area contributed by atoms with Crippen LogP contribution in [0.2, 0.25) is 0 Å². The lowest BCUT2D eigenvalue weighted by Crippen LogP contribution is -2.24. The number of esters is 1. The molecule has 0 fully saturated rings. The van der Waals surface area contributed by atoms with Gasteiger partial charge < -0.3 is 14.8 Å². The first-order chi connectivity index (χ1) is 15.7. The standard InChI is InChI=1S/C23H23N3O6S/c1-16-10-11-17(13-21(16)33(29,30)26(2)3)25-22(27)15-31-23(28)19-8-4-5-9-20(19)32-18-7-6-12-24-14-18/h4-14H,15H2,1-3H3,(H,25,27). The minimum Gasteiger partial charge on any atom is -0.455 e. The van der Waals surface area contributed by atoms with Gasteiger partial charge >= 0.3 is 5.97 Å². The molecule has 0 aliphatic heterocycles. The third kappa shape index (κ3) is 5.93. The monoisotopic (exact) mass is 469 g/mol. The topological polar surface area (TPSA) is 115 Å². The van der Waals surface area contributed by atoms with Crippen molar-refractivity contribution in [3.05, 3.63) is 78.1 Å². The molecule has 0 spiro atoms. The van der Waals surface area contributed by atoms with Crippen molar-refractivity contribution in [1.82, 2.24) is 9.29 Å². The molecular formula is C23H23N3O6S. The van der Waals surface area contributed by atoms with Gasteiger partial charge in [-0.2, -0.15) is 0 Å². The molecule has 0 radical (unpaired) electrons. The van der Waals surface area contributed by atoms with Crippen molar-refractivity contribution in [2.45, 2.75) is 11.8 Å². The van der Waals surface area contributed by atoms with Crippen LogP contribution in [-0.2, 0) is 19.6 Å². The Morgan fingerprint density at radius 1 is 1.06 bits per heavy atom. The number of nitrogens with one attached hydrogen (secondary N) is 1. The summed E-state index contributed by atoms with van der Waals surface area (Å²) in [4.78, 5) is 28.9. The van der Waals surface area contributed by atoms with Gasteiger partial charge in [-0.25, -0.2) is 17.5 Å². The third-order valence-electron chi connectivity index (χ3n) is 4.53. The zero-order chi connectivity index (χ0) is 24.0. The highest BCUT2D eigenvalue weighted by molar-refractivity contribution is 7.89. The Bertz CT molecular complexity index is 1260. The first kappa shape index (κ1) is 23.9. The first-order valence-corrected chi connectivity index (χ1v) is 11.3. The van der Waals surface area contributed by atoms with Gasteiger partial charge in [-0.05, 0) is 48.9 Å². The molecular weight excluding hydrogens is 446 g/mol. The summed E-state index contributed by atoms with van der Waals surface area (Å²) in [5.74, 6) is -0.665. The highest BCUT2D eigenvalue weighted by Crippen LogP contribution is 2.25. The summed E-state index contributed by atoms with van der Waals surface area (Å²) in [5.41, 5.74) is 0.949. The number of pyridine rings is 1. The Kier molecular flexibility index (Phi) is 7.41. The average Bonchev–Trinajstić information content (AvgIpc) is 2.79. The number of carbonyl (C=O) groups is 2. The highest BCUT2D eigenvalue weighted by atomic mass is 32.2. The molecule has 0 bridgehead atoms. The normalized spacial score (nSPS) is 11.2. The summed E-state index contributed by atoms with van der Waals surface area (Å²) in [6, 6.07) is 14.4. The summed E-state index contributed by atoms with van der Waals surface area (Å²) in [5, 5.41) is 2.54. The second-order valence-corrected chi connectivity index (χ2v) is 9.30. The van der Waals surface area contributed by atoms with Crippen molar-refractivity contribution in [2.24, 2.45) is 0 Å². The number of amides is 1. The van der Waals surface area contributed by atoms with E-state index >= 15 is 0 Å². The van der Waals surface area contributed by atoms with Crippen LogP contribution in [0.5, 0.6) is 11.5 Å². The number of benzene rings is 2. The lowest BCUT2D eigenvalue weighted by atomic mass is 10.2. The Balaban J connectivity index is 1.66. The van der Waals surface area contributed by atoms with Crippen molar-refractivity contribution in [2.75, 3.05) is 26.0 Å². The lowest BCUT2D eigenvalue weighted by molar-refractivity contribution is -0.119. The summed E-state index contributed by atoms with van der Waals surface area (Å²) in [6.45, 7) is 1.10. The number of rotatable bonds is 8. The fourth-order valence-corrected chi connectivity index (χ4v) is 3.96. The molecule has 0 atom stereocenters. The van der Waals surface area contributed by atoms with E-state index in [1.807, 2.05) is 0 Å². The number of para-hydroxylation sites is 1. The SMILES string of the molecule is Cc1ccc(NC(=O)COC(=O)c2ccccc2Oc2cccnc2)cc1S(=O)(=O)N(C)C. The van der Waals surface area contributed by atoms with Gasteiger partial charge in [0.1, 0.15) is 17.1 Å². The van der Waals surface area contributed by atoms with Crippen LogP contribution in [0.15, 0.2) is 71.9 Å². The molecule has 3 rings (SSSR count). The number of anilines is 1. The van der Waals surface area contributed by atoms with Crippen LogP contribution in [0.25, 0.3) is 0 Å². The summed E-state index contributed by atoms with van der Waals surface area (Å²) in [6.07, 6.45) is 3.10. The zero-order valence-corrected chi connectivity index (χ0v) is 19.1. The van der Waals surface area contributed by atoms with Crippen molar-refractivity contribution in [1.29, 1.82) is 0 Å². The molecule has 2 aromatic carbocycles. The fourth-order valence-electron chi connectivity index (χ4n) is 2.82. The molecule has 1 N–H and O–H groups in total. The minimum absolute atomic E-state index is 0.0729. The minimum atomic E-state index is -3.68. The molecule has 1 aromatic heterocycles. The quantitative estimate of drug-likeness (QED) is 0.504. The molecule has 1 heterocycles. The molecule has 9 nitrogen and oxygen atoms in total. The Labute approximate surface area is 192 Å². The largest absolute Gasteiger partial charge is 0.455 e. The van der Waals surface area contributed by atoms with Gasteiger partial charge in [0.2, 0.25) is 10.0 Å². The lowest BCUT2D eigenvalue weighted by Gasteiger charge is -2.15. The van der Waals surface area contributed by atoms with Crippen molar-refractivity contribution in [3.8, 4) is 11.5 Å². The van der Waals surface area contributed by atoms with E-state index in [9.17, 15) is 18.0 Å². The van der Waals surface area contributed by atoms with Gasteiger partial charge in [0.15, 0.2) is 6.61 Å². The Morgan fingerprint density at radius 3 is 2.52 bits per heavy atom. The van der Waals surface area contributed by atoms with Crippen LogP contribution < -0.4 is 10.1 Å². The number of carbonyl (C=O) groups excluding carboxylic acids is 2. The van der Waals surface area contributed by atoms with Gasteiger partial charge in [-0.1, -0.05) is 18.2 Å². The van der Waals surface area contributed by atoms with E-state index in [4.69, 9.17) is 9.47 Å². The molecule has 1 amide bonds. The van der Waals surface area contributed by atoms with E-state index in [0.717, 1.165) is 4.31 Å². The number of ether oxygens (including phenoxy) is 2. The number of nitrogens with zero attached hydrogens (tertiary/aromatic N) is 2. The van der Waals surface area contributed by atoms with E-state index in [-0.39, 0.29) is 21.9 Å². The fraction of sp³-hybridized carbons (Fsp3) is 0.174. The van der Waals surface area contributed by atoms with E-state index < -0.39 is 28.5 Å². The van der Waals surface area contributed by atoms with Gasteiger partial charge in [0.25, 0.3) is 5.91 Å². The van der Waals surface area contributed by atoms with Gasteiger partial charge in [-0.3, -0.25) is 9.78 Å². The Morgan fingerprint density at radius 2 is 1.82 bits per heavy atom. The smallest absolute Gasteiger partial charge is 0.342 e. The van der Waals surface area contributed by atoms with Crippen LogP contribution in [0.4, 0.5) is 5.69 Å². The maximum absolute atomic E-state index is 12.5. The molecule has 33 heavy (non-hydrogen) atoms. The molecule has 10 heteroatoms. The average molecular weight is 470 g/mol. The van der Waals surface area contributed by atoms with Crippen LogP contribution in [0.1, 0.15) is 15.9 Å². The van der Waals surface area contributed by atoms with Crippen LogP contribution >= 0.6 is 0 Å². The Hall–Kier alpha value is -3.76. The zero-order valence-electron chi connectivity index (χ0n) is 18.3. The van der Waals surface area contributed by atoms with E-state index in [1.54, 1.807) is 55.6 Å². The maximum atomic E-state index is 12.5. The van der Waals surface area contributed by atoms with Crippen molar-refractivity contribution in [3.63, 3.8) is 0 Å².